The van der Waals surface area contributed by atoms with Gasteiger partial charge in [-0.1, -0.05) is 24.3 Å². The van der Waals surface area contributed by atoms with Gasteiger partial charge in [-0.3, -0.25) is 0 Å². The fourth-order valence-electron chi connectivity index (χ4n) is 3.62. The number of rotatable bonds is 7. The number of hydrogen-bond donors (Lipinski definition) is 2. The maximum Gasteiger partial charge on any atom is 0.315 e. The molecule has 0 spiro atoms. The Morgan fingerprint density at radius 3 is 2.52 bits per heavy atom. The Labute approximate surface area is 170 Å². The minimum atomic E-state index is -0.370. The van der Waals surface area contributed by atoms with Gasteiger partial charge >= 0.3 is 6.03 Å². The maximum atomic E-state index is 13.6. The highest BCUT2D eigenvalue weighted by atomic mass is 19.1. The zero-order valence-electron chi connectivity index (χ0n) is 16.7. The Kier molecular flexibility index (Phi) is 7.17. The van der Waals surface area contributed by atoms with E-state index in [-0.39, 0.29) is 35.9 Å². The number of halogens is 2. The molecule has 2 aromatic carbocycles. The summed E-state index contributed by atoms with van der Waals surface area (Å²) in [6.45, 7) is 0.956. The summed E-state index contributed by atoms with van der Waals surface area (Å²) >= 11 is 0. The van der Waals surface area contributed by atoms with Crippen LogP contribution in [0, 0.1) is 11.6 Å². The smallest absolute Gasteiger partial charge is 0.315 e. The molecule has 3 rings (SSSR count). The van der Waals surface area contributed by atoms with Crippen molar-refractivity contribution in [1.29, 1.82) is 0 Å². The first-order valence-electron chi connectivity index (χ1n) is 9.77. The second-order valence-corrected chi connectivity index (χ2v) is 7.47. The van der Waals surface area contributed by atoms with Crippen LogP contribution >= 0.6 is 0 Å². The van der Waals surface area contributed by atoms with Crippen molar-refractivity contribution in [2.75, 3.05) is 27.2 Å². The molecule has 1 fully saturated rings. The molecule has 3 unspecified atom stereocenters. The van der Waals surface area contributed by atoms with Crippen LogP contribution in [-0.4, -0.2) is 44.3 Å². The minimum absolute atomic E-state index is 0.154. The van der Waals surface area contributed by atoms with Crippen molar-refractivity contribution >= 4 is 6.03 Å². The van der Waals surface area contributed by atoms with E-state index in [4.69, 9.17) is 4.74 Å². The number of benzene rings is 2. The topological polar surface area (TPSA) is 53.6 Å². The molecule has 7 heteroatoms. The van der Waals surface area contributed by atoms with Crippen LogP contribution in [-0.2, 0) is 4.74 Å². The number of amides is 2. The van der Waals surface area contributed by atoms with Gasteiger partial charge in [0.1, 0.15) is 11.6 Å². The van der Waals surface area contributed by atoms with Crippen molar-refractivity contribution < 1.29 is 18.3 Å². The molecule has 0 aromatic heterocycles. The van der Waals surface area contributed by atoms with E-state index >= 15 is 0 Å². The Hall–Kier alpha value is -2.51. The normalized spacial score (nSPS) is 18.4. The minimum Gasteiger partial charge on any atom is -0.376 e. The largest absolute Gasteiger partial charge is 0.376 e. The van der Waals surface area contributed by atoms with E-state index in [0.717, 1.165) is 24.0 Å². The molecular weight excluding hydrogens is 376 g/mol. The molecule has 2 N–H and O–H groups in total. The number of carbonyl (C=O) groups excluding carboxylic acids is 1. The van der Waals surface area contributed by atoms with Crippen LogP contribution in [0.1, 0.15) is 36.1 Å². The van der Waals surface area contributed by atoms with Gasteiger partial charge in [-0.25, -0.2) is 13.6 Å². The number of nitrogens with zero attached hydrogens (tertiary/aromatic N) is 1. The van der Waals surface area contributed by atoms with Gasteiger partial charge in [0.25, 0.3) is 0 Å². The number of ether oxygens (including phenoxy) is 1. The van der Waals surface area contributed by atoms with Crippen LogP contribution in [0.5, 0.6) is 0 Å². The average Bonchev–Trinajstić information content (AvgIpc) is 3.21. The molecule has 29 heavy (non-hydrogen) atoms. The standard InChI is InChI=1S/C22H27F2N3O2/c1-27(2)19(16-5-3-6-18(24)13-16)14-25-22(28)26-21(20-7-4-12-29-20)15-8-10-17(23)11-9-15/h3,5-6,8-11,13,19-21H,4,7,12,14H2,1-2H3,(H2,25,26,28). The van der Waals surface area contributed by atoms with E-state index in [0.29, 0.717) is 13.2 Å². The Bertz CT molecular complexity index is 808. The lowest BCUT2D eigenvalue weighted by Gasteiger charge is -2.27. The molecule has 0 radical (unpaired) electrons. The van der Waals surface area contributed by atoms with E-state index in [1.165, 1.54) is 24.3 Å². The predicted molar refractivity (Wildman–Crippen MR) is 107 cm³/mol. The quantitative estimate of drug-likeness (QED) is 0.740. The molecule has 2 amide bonds. The van der Waals surface area contributed by atoms with E-state index < -0.39 is 0 Å². The first-order chi connectivity index (χ1) is 13.9. The van der Waals surface area contributed by atoms with Crippen LogP contribution in [0.2, 0.25) is 0 Å². The summed E-state index contributed by atoms with van der Waals surface area (Å²) in [4.78, 5) is 14.6. The third-order valence-corrected chi connectivity index (χ3v) is 5.17. The van der Waals surface area contributed by atoms with Gasteiger partial charge < -0.3 is 20.3 Å². The second kappa shape index (κ2) is 9.80. The van der Waals surface area contributed by atoms with E-state index in [9.17, 15) is 13.6 Å². The third kappa shape index (κ3) is 5.74. The van der Waals surface area contributed by atoms with Crippen LogP contribution in [0.15, 0.2) is 48.5 Å². The molecule has 0 saturated carbocycles. The molecule has 5 nitrogen and oxygen atoms in total. The molecule has 1 heterocycles. The monoisotopic (exact) mass is 403 g/mol. The highest BCUT2D eigenvalue weighted by Crippen LogP contribution is 2.27. The van der Waals surface area contributed by atoms with Gasteiger partial charge in [-0.05, 0) is 62.3 Å². The molecule has 1 aliphatic heterocycles. The van der Waals surface area contributed by atoms with Crippen molar-refractivity contribution in [1.82, 2.24) is 15.5 Å². The average molecular weight is 403 g/mol. The van der Waals surface area contributed by atoms with E-state index in [1.807, 2.05) is 25.1 Å². The number of nitrogens with one attached hydrogen (secondary N) is 2. The molecular formula is C22H27F2N3O2. The van der Waals surface area contributed by atoms with E-state index in [2.05, 4.69) is 10.6 Å². The summed E-state index contributed by atoms with van der Waals surface area (Å²) in [5.74, 6) is -0.637. The zero-order chi connectivity index (χ0) is 20.8. The highest BCUT2D eigenvalue weighted by molar-refractivity contribution is 5.74. The van der Waals surface area contributed by atoms with Gasteiger partial charge in [0.05, 0.1) is 18.2 Å². The molecule has 3 atom stereocenters. The summed E-state index contributed by atoms with van der Waals surface area (Å²) in [7, 11) is 3.76. The first-order valence-corrected chi connectivity index (χ1v) is 9.77. The Balaban J connectivity index is 1.66. The predicted octanol–water partition coefficient (Wildman–Crippen LogP) is 3.79. The lowest BCUT2D eigenvalue weighted by molar-refractivity contribution is 0.0806. The maximum absolute atomic E-state index is 13.6. The van der Waals surface area contributed by atoms with Crippen molar-refractivity contribution in [3.63, 3.8) is 0 Å². The number of urea groups is 1. The Morgan fingerprint density at radius 1 is 1.14 bits per heavy atom. The van der Waals surface area contributed by atoms with Gasteiger partial charge in [0.15, 0.2) is 0 Å². The molecule has 0 aliphatic carbocycles. The third-order valence-electron chi connectivity index (χ3n) is 5.17. The van der Waals surface area contributed by atoms with Crippen molar-refractivity contribution in [3.05, 3.63) is 71.3 Å². The van der Waals surface area contributed by atoms with Crippen molar-refractivity contribution in [3.8, 4) is 0 Å². The fourth-order valence-corrected chi connectivity index (χ4v) is 3.62. The molecule has 1 aliphatic rings. The van der Waals surface area contributed by atoms with Gasteiger partial charge in [-0.2, -0.15) is 0 Å². The van der Waals surface area contributed by atoms with E-state index in [1.54, 1.807) is 18.2 Å². The van der Waals surface area contributed by atoms with Crippen LogP contribution in [0.4, 0.5) is 13.6 Å². The second-order valence-electron chi connectivity index (χ2n) is 7.47. The molecule has 2 aromatic rings. The first kappa shape index (κ1) is 21.2. The SMILES string of the molecule is CN(C)C(CNC(=O)NC(c1ccc(F)cc1)C1CCCO1)c1cccc(F)c1. The van der Waals surface area contributed by atoms with Crippen LogP contribution < -0.4 is 10.6 Å². The van der Waals surface area contributed by atoms with Gasteiger partial charge in [0.2, 0.25) is 0 Å². The zero-order valence-corrected chi connectivity index (χ0v) is 16.7. The summed E-state index contributed by atoms with van der Waals surface area (Å²) in [5.41, 5.74) is 1.58. The molecule has 1 saturated heterocycles. The number of carbonyl (C=O) groups is 1. The number of hydrogen-bond acceptors (Lipinski definition) is 3. The summed E-state index contributed by atoms with van der Waals surface area (Å²) in [6.07, 6.45) is 1.60. The summed E-state index contributed by atoms with van der Waals surface area (Å²) in [6, 6.07) is 11.5. The van der Waals surface area contributed by atoms with Crippen molar-refractivity contribution in [2.24, 2.45) is 0 Å². The highest BCUT2D eigenvalue weighted by Gasteiger charge is 2.29. The molecule has 0 bridgehead atoms. The van der Waals surface area contributed by atoms with Gasteiger partial charge in [0, 0.05) is 13.2 Å². The van der Waals surface area contributed by atoms with Crippen LogP contribution in [0.3, 0.4) is 0 Å². The summed E-state index contributed by atoms with van der Waals surface area (Å²) < 4.78 is 32.7. The summed E-state index contributed by atoms with van der Waals surface area (Å²) in [5, 5.41) is 5.84. The Morgan fingerprint density at radius 2 is 1.90 bits per heavy atom. The number of likely N-dealkylation sites (N-methyl/N-ethyl adjacent to an activating group) is 1. The molecule has 156 valence electrons. The van der Waals surface area contributed by atoms with Crippen LogP contribution in [0.25, 0.3) is 0 Å². The van der Waals surface area contributed by atoms with Crippen molar-refractivity contribution in [2.45, 2.75) is 31.0 Å². The van der Waals surface area contributed by atoms with Gasteiger partial charge in [-0.15, -0.1) is 0 Å². The fraction of sp³-hybridized carbons (Fsp3) is 0.409. The lowest BCUT2D eigenvalue weighted by atomic mass is 9.99. The lowest BCUT2D eigenvalue weighted by Crippen LogP contribution is -2.44.